The van der Waals surface area contributed by atoms with Gasteiger partial charge in [-0.05, 0) is 6.92 Å². The van der Waals surface area contributed by atoms with Crippen molar-refractivity contribution in [3.05, 3.63) is 10.6 Å². The van der Waals surface area contributed by atoms with E-state index in [1.165, 1.54) is 14.0 Å². The van der Waals surface area contributed by atoms with Gasteiger partial charge < -0.3 is 10.1 Å². The molecule has 0 aromatic carbocycles. The molecule has 0 amide bonds. The molecule has 0 saturated heterocycles. The number of carbonyl (C=O) groups is 2. The van der Waals surface area contributed by atoms with Crippen molar-refractivity contribution in [2.45, 2.75) is 13.8 Å². The van der Waals surface area contributed by atoms with Crippen LogP contribution in [0.3, 0.4) is 0 Å². The second kappa shape index (κ2) is 4.88. The molecule has 1 aromatic heterocycles. The maximum atomic E-state index is 11.3. The topological polar surface area (TPSA) is 68.3 Å². The summed E-state index contributed by atoms with van der Waals surface area (Å²) in [6.45, 7) is 3.99. The first-order valence-corrected chi connectivity index (χ1v) is 5.25. The lowest BCUT2D eigenvalue weighted by atomic mass is 10.3. The molecule has 1 aromatic rings. The summed E-state index contributed by atoms with van der Waals surface area (Å²) in [5.41, 5.74) is 0.0888. The molecule has 1 heterocycles. The van der Waals surface area contributed by atoms with E-state index in [2.05, 4.69) is 15.0 Å². The summed E-state index contributed by atoms with van der Waals surface area (Å²) in [4.78, 5) is 26.9. The van der Waals surface area contributed by atoms with Crippen molar-refractivity contribution in [2.75, 3.05) is 19.0 Å². The number of rotatable bonds is 4. The molecule has 0 radical (unpaired) electrons. The highest BCUT2D eigenvalue weighted by molar-refractivity contribution is 7.17. The molecule has 0 aliphatic carbocycles. The van der Waals surface area contributed by atoms with Crippen molar-refractivity contribution in [2.24, 2.45) is 0 Å². The number of anilines is 1. The van der Waals surface area contributed by atoms with Crippen molar-refractivity contribution >= 4 is 28.2 Å². The number of methoxy groups -OCH3 is 1. The molecule has 0 bridgehead atoms. The van der Waals surface area contributed by atoms with Crippen LogP contribution in [0.2, 0.25) is 0 Å². The number of ether oxygens (including phenoxy) is 1. The second-order valence-electron chi connectivity index (χ2n) is 2.77. The van der Waals surface area contributed by atoms with Crippen LogP contribution >= 0.6 is 11.3 Å². The molecule has 6 heteroatoms. The minimum absolute atomic E-state index is 0.0888. The third kappa shape index (κ3) is 2.53. The molecule has 1 N–H and O–H groups in total. The summed E-state index contributed by atoms with van der Waals surface area (Å²) in [5, 5.41) is 3.51. The zero-order valence-electron chi connectivity index (χ0n) is 8.79. The molecule has 15 heavy (non-hydrogen) atoms. The standard InChI is InChI=1S/C9H12N2O3S/c1-4-10-9-11-6(8(13)14-3)7(15-9)5(2)12/h4H2,1-3H3,(H,10,11). The number of ketones is 1. The lowest BCUT2D eigenvalue weighted by Crippen LogP contribution is -2.07. The number of hydrogen-bond acceptors (Lipinski definition) is 6. The Hall–Kier alpha value is -1.43. The Kier molecular flexibility index (Phi) is 3.79. The van der Waals surface area contributed by atoms with Gasteiger partial charge in [-0.25, -0.2) is 9.78 Å². The number of aromatic nitrogens is 1. The van der Waals surface area contributed by atoms with E-state index in [4.69, 9.17) is 0 Å². The number of Topliss-reactive ketones (excluding diaryl/α,β-unsaturated/α-hetero) is 1. The van der Waals surface area contributed by atoms with Gasteiger partial charge >= 0.3 is 5.97 Å². The Labute approximate surface area is 91.5 Å². The molecule has 0 atom stereocenters. The summed E-state index contributed by atoms with van der Waals surface area (Å²) in [5.74, 6) is -0.766. The number of nitrogens with one attached hydrogen (secondary N) is 1. The highest BCUT2D eigenvalue weighted by atomic mass is 32.1. The van der Waals surface area contributed by atoms with E-state index in [-0.39, 0.29) is 11.5 Å². The fourth-order valence-electron chi connectivity index (χ4n) is 1.02. The molecule has 1 rings (SSSR count). The Bertz CT molecular complexity index is 387. The summed E-state index contributed by atoms with van der Waals surface area (Å²) < 4.78 is 4.54. The molecule has 0 aliphatic rings. The van der Waals surface area contributed by atoms with E-state index < -0.39 is 5.97 Å². The quantitative estimate of drug-likeness (QED) is 0.625. The van der Waals surface area contributed by atoms with Gasteiger partial charge in [-0.15, -0.1) is 0 Å². The number of carbonyl (C=O) groups excluding carboxylic acids is 2. The summed E-state index contributed by atoms with van der Waals surface area (Å²) in [6, 6.07) is 0. The predicted octanol–water partition coefficient (Wildman–Crippen LogP) is 1.56. The highest BCUT2D eigenvalue weighted by Gasteiger charge is 2.21. The second-order valence-corrected chi connectivity index (χ2v) is 3.77. The molecule has 0 saturated carbocycles. The Morgan fingerprint density at radius 3 is 2.67 bits per heavy atom. The number of esters is 1. The highest BCUT2D eigenvalue weighted by Crippen LogP contribution is 2.23. The van der Waals surface area contributed by atoms with Crippen molar-refractivity contribution < 1.29 is 14.3 Å². The van der Waals surface area contributed by atoms with Crippen LogP contribution in [0.25, 0.3) is 0 Å². The van der Waals surface area contributed by atoms with E-state index in [0.29, 0.717) is 16.6 Å². The zero-order valence-corrected chi connectivity index (χ0v) is 9.60. The van der Waals surface area contributed by atoms with Crippen molar-refractivity contribution in [3.8, 4) is 0 Å². The molecular formula is C9H12N2O3S. The first kappa shape index (κ1) is 11.6. The number of nitrogens with zero attached hydrogens (tertiary/aromatic N) is 1. The van der Waals surface area contributed by atoms with Crippen LogP contribution in [0.4, 0.5) is 5.13 Å². The Morgan fingerprint density at radius 1 is 1.53 bits per heavy atom. The van der Waals surface area contributed by atoms with Crippen LogP contribution in [-0.2, 0) is 4.74 Å². The van der Waals surface area contributed by atoms with E-state index in [9.17, 15) is 9.59 Å². The molecular weight excluding hydrogens is 216 g/mol. The van der Waals surface area contributed by atoms with Crippen molar-refractivity contribution in [1.82, 2.24) is 4.98 Å². The van der Waals surface area contributed by atoms with Crippen LogP contribution in [0, 0.1) is 0 Å². The summed E-state index contributed by atoms with van der Waals surface area (Å²) in [6.07, 6.45) is 0. The number of hydrogen-bond donors (Lipinski definition) is 1. The Morgan fingerprint density at radius 2 is 2.20 bits per heavy atom. The SMILES string of the molecule is CCNc1nc(C(=O)OC)c(C(C)=O)s1. The molecule has 0 unspecified atom stereocenters. The third-order valence-electron chi connectivity index (χ3n) is 1.65. The van der Waals surface area contributed by atoms with Crippen LogP contribution in [0.5, 0.6) is 0 Å². The minimum atomic E-state index is -0.583. The summed E-state index contributed by atoms with van der Waals surface area (Å²) in [7, 11) is 1.26. The molecule has 82 valence electrons. The smallest absolute Gasteiger partial charge is 0.358 e. The monoisotopic (exact) mass is 228 g/mol. The fourth-order valence-corrected chi connectivity index (χ4v) is 1.94. The van der Waals surface area contributed by atoms with Crippen LogP contribution in [-0.4, -0.2) is 30.4 Å². The van der Waals surface area contributed by atoms with Crippen molar-refractivity contribution in [3.63, 3.8) is 0 Å². The van der Waals surface area contributed by atoms with Crippen LogP contribution in [0.1, 0.15) is 34.0 Å². The number of thiazole rings is 1. The van der Waals surface area contributed by atoms with Gasteiger partial charge in [0.05, 0.1) is 7.11 Å². The van der Waals surface area contributed by atoms with Gasteiger partial charge in [-0.1, -0.05) is 11.3 Å². The molecule has 0 aliphatic heterocycles. The van der Waals surface area contributed by atoms with Gasteiger partial charge in [-0.3, -0.25) is 4.79 Å². The largest absolute Gasteiger partial charge is 0.464 e. The Balaban J connectivity index is 3.11. The average molecular weight is 228 g/mol. The average Bonchev–Trinajstić information content (AvgIpc) is 2.61. The van der Waals surface area contributed by atoms with Gasteiger partial charge in [0.25, 0.3) is 0 Å². The maximum Gasteiger partial charge on any atom is 0.358 e. The van der Waals surface area contributed by atoms with E-state index in [1.807, 2.05) is 6.92 Å². The maximum absolute atomic E-state index is 11.3. The van der Waals surface area contributed by atoms with Gasteiger partial charge in [0, 0.05) is 13.5 Å². The molecule has 0 spiro atoms. The van der Waals surface area contributed by atoms with Gasteiger partial charge in [0.15, 0.2) is 16.6 Å². The molecule has 5 nitrogen and oxygen atoms in total. The lowest BCUT2D eigenvalue weighted by molar-refractivity contribution is 0.0591. The predicted molar refractivity (Wildman–Crippen MR) is 57.6 cm³/mol. The fraction of sp³-hybridized carbons (Fsp3) is 0.444. The van der Waals surface area contributed by atoms with Gasteiger partial charge in [-0.2, -0.15) is 0 Å². The molecule has 0 fully saturated rings. The van der Waals surface area contributed by atoms with Crippen molar-refractivity contribution in [1.29, 1.82) is 0 Å². The van der Waals surface area contributed by atoms with Crippen LogP contribution in [0.15, 0.2) is 0 Å². The van der Waals surface area contributed by atoms with Gasteiger partial charge in [0.2, 0.25) is 0 Å². The minimum Gasteiger partial charge on any atom is -0.464 e. The van der Waals surface area contributed by atoms with Crippen LogP contribution < -0.4 is 5.32 Å². The first-order valence-electron chi connectivity index (χ1n) is 4.44. The normalized spacial score (nSPS) is 9.80. The third-order valence-corrected chi connectivity index (χ3v) is 2.77. The van der Waals surface area contributed by atoms with E-state index in [0.717, 1.165) is 11.3 Å². The first-order chi connectivity index (χ1) is 7.10. The zero-order chi connectivity index (χ0) is 11.4. The summed E-state index contributed by atoms with van der Waals surface area (Å²) >= 11 is 1.16. The van der Waals surface area contributed by atoms with E-state index >= 15 is 0 Å². The van der Waals surface area contributed by atoms with E-state index in [1.54, 1.807) is 0 Å². The lowest BCUT2D eigenvalue weighted by Gasteiger charge is -1.95. The van der Waals surface area contributed by atoms with Gasteiger partial charge in [0.1, 0.15) is 4.88 Å².